The van der Waals surface area contributed by atoms with Crippen molar-refractivity contribution in [3.63, 3.8) is 0 Å². The van der Waals surface area contributed by atoms with Crippen LogP contribution in [0.3, 0.4) is 0 Å². The van der Waals surface area contributed by atoms with Gasteiger partial charge in [-0.1, -0.05) is 0 Å². The molecule has 0 unspecified atom stereocenters. The fourth-order valence-electron chi connectivity index (χ4n) is 2.05. The molecule has 2 aliphatic rings. The Balaban J connectivity index is 0.00000180. The van der Waals surface area contributed by atoms with E-state index in [1.807, 2.05) is 0 Å². The number of hydrogen-bond acceptors (Lipinski definition) is 4. The lowest BCUT2D eigenvalue weighted by atomic mass is 10.2. The summed E-state index contributed by atoms with van der Waals surface area (Å²) in [5, 5.41) is 5.56. The highest BCUT2D eigenvalue weighted by atomic mass is 35.5. The standard InChI is InChI=1S/C12H21N3O3.ClH/c13-7-9-3-4-10(18-9)12(17)15-6-5-14-11(16)8-1-2-8;/h8-10H,1-7,13H2,(H,14,16)(H,15,17);1H/t9-,10+;/m1./s1. The average Bonchev–Trinajstić information content (AvgIpc) is 3.12. The molecular formula is C12H22ClN3O3. The van der Waals surface area contributed by atoms with E-state index in [9.17, 15) is 9.59 Å². The maximum absolute atomic E-state index is 11.7. The molecule has 0 aromatic rings. The molecule has 2 amide bonds. The van der Waals surface area contributed by atoms with E-state index in [1.165, 1.54) is 0 Å². The van der Waals surface area contributed by atoms with Gasteiger partial charge in [-0.3, -0.25) is 9.59 Å². The van der Waals surface area contributed by atoms with E-state index in [0.29, 0.717) is 19.6 Å². The van der Waals surface area contributed by atoms with Crippen molar-refractivity contribution in [2.45, 2.75) is 37.9 Å². The predicted molar refractivity (Wildman–Crippen MR) is 72.9 cm³/mol. The number of nitrogens with one attached hydrogen (secondary N) is 2. The number of nitrogens with two attached hydrogens (primary N) is 1. The molecule has 1 heterocycles. The van der Waals surface area contributed by atoms with Gasteiger partial charge >= 0.3 is 0 Å². The monoisotopic (exact) mass is 291 g/mol. The van der Waals surface area contributed by atoms with Gasteiger partial charge in [-0.15, -0.1) is 12.4 Å². The van der Waals surface area contributed by atoms with Crippen molar-refractivity contribution >= 4 is 24.2 Å². The summed E-state index contributed by atoms with van der Waals surface area (Å²) in [6.07, 6.45) is 3.19. The van der Waals surface area contributed by atoms with Gasteiger partial charge in [0.05, 0.1) is 6.10 Å². The second-order valence-electron chi connectivity index (χ2n) is 4.92. The minimum Gasteiger partial charge on any atom is -0.364 e. The van der Waals surface area contributed by atoms with E-state index >= 15 is 0 Å². The van der Waals surface area contributed by atoms with Gasteiger partial charge in [0.25, 0.3) is 0 Å². The van der Waals surface area contributed by atoms with Crippen LogP contribution >= 0.6 is 12.4 Å². The Bertz CT molecular complexity index is 323. The zero-order valence-electron chi connectivity index (χ0n) is 10.9. The quantitative estimate of drug-likeness (QED) is 0.578. The largest absolute Gasteiger partial charge is 0.364 e. The summed E-state index contributed by atoms with van der Waals surface area (Å²) in [6.45, 7) is 1.39. The lowest BCUT2D eigenvalue weighted by molar-refractivity contribution is -0.132. The second-order valence-corrected chi connectivity index (χ2v) is 4.92. The Morgan fingerprint density at radius 1 is 1.05 bits per heavy atom. The zero-order chi connectivity index (χ0) is 13.0. The Kier molecular flexibility index (Phi) is 6.54. The highest BCUT2D eigenvalue weighted by molar-refractivity contribution is 5.85. The zero-order valence-corrected chi connectivity index (χ0v) is 11.7. The summed E-state index contributed by atoms with van der Waals surface area (Å²) in [5.74, 6) is 0.209. The smallest absolute Gasteiger partial charge is 0.249 e. The van der Waals surface area contributed by atoms with Crippen molar-refractivity contribution < 1.29 is 14.3 Å². The third-order valence-electron chi connectivity index (χ3n) is 3.33. The van der Waals surface area contributed by atoms with Crippen LogP contribution in [0.4, 0.5) is 0 Å². The Morgan fingerprint density at radius 3 is 2.21 bits per heavy atom. The first kappa shape index (κ1) is 16.2. The summed E-state index contributed by atoms with van der Waals surface area (Å²) in [6, 6.07) is 0. The van der Waals surface area contributed by atoms with Crippen LogP contribution in [0.25, 0.3) is 0 Å². The van der Waals surface area contributed by atoms with Crippen molar-refractivity contribution in [3.8, 4) is 0 Å². The molecule has 0 aromatic carbocycles. The van der Waals surface area contributed by atoms with Crippen LogP contribution in [0.1, 0.15) is 25.7 Å². The van der Waals surface area contributed by atoms with Crippen molar-refractivity contribution in [3.05, 3.63) is 0 Å². The summed E-state index contributed by atoms with van der Waals surface area (Å²) in [7, 11) is 0. The molecule has 1 aliphatic heterocycles. The number of hydrogen-bond donors (Lipinski definition) is 3. The van der Waals surface area contributed by atoms with Gasteiger partial charge in [0.1, 0.15) is 6.10 Å². The molecule has 0 bridgehead atoms. The topological polar surface area (TPSA) is 93.5 Å². The van der Waals surface area contributed by atoms with Crippen molar-refractivity contribution in [1.82, 2.24) is 10.6 Å². The van der Waals surface area contributed by atoms with Gasteiger partial charge in [0.15, 0.2) is 0 Å². The molecule has 1 saturated heterocycles. The molecule has 0 radical (unpaired) electrons. The normalized spacial score (nSPS) is 25.5. The second kappa shape index (κ2) is 7.67. The Hall–Kier alpha value is -0.850. The molecule has 2 atom stereocenters. The van der Waals surface area contributed by atoms with Gasteiger partial charge in [-0.05, 0) is 25.7 Å². The van der Waals surface area contributed by atoms with Crippen molar-refractivity contribution in [2.75, 3.05) is 19.6 Å². The summed E-state index contributed by atoms with van der Waals surface area (Å²) in [4.78, 5) is 23.0. The van der Waals surface area contributed by atoms with E-state index in [1.54, 1.807) is 0 Å². The maximum atomic E-state index is 11.7. The van der Waals surface area contributed by atoms with E-state index in [-0.39, 0.29) is 42.3 Å². The van der Waals surface area contributed by atoms with Crippen LogP contribution < -0.4 is 16.4 Å². The van der Waals surface area contributed by atoms with Crippen LogP contribution in [0.5, 0.6) is 0 Å². The van der Waals surface area contributed by atoms with E-state index in [2.05, 4.69) is 10.6 Å². The fourth-order valence-corrected chi connectivity index (χ4v) is 2.05. The SMILES string of the molecule is Cl.NC[C@H]1CC[C@@H](C(=O)NCCNC(=O)C2CC2)O1. The molecule has 0 spiro atoms. The molecule has 1 aliphatic carbocycles. The minimum absolute atomic E-state index is 0. The van der Waals surface area contributed by atoms with Crippen molar-refractivity contribution in [1.29, 1.82) is 0 Å². The molecule has 7 heteroatoms. The molecule has 6 nitrogen and oxygen atoms in total. The maximum Gasteiger partial charge on any atom is 0.249 e. The summed E-state index contributed by atoms with van der Waals surface area (Å²) in [5.41, 5.74) is 5.48. The molecule has 19 heavy (non-hydrogen) atoms. The predicted octanol–water partition coefficient (Wildman–Crippen LogP) is -0.443. The first-order valence-electron chi connectivity index (χ1n) is 6.61. The Labute approximate surface area is 119 Å². The molecule has 110 valence electrons. The summed E-state index contributed by atoms with van der Waals surface area (Å²) >= 11 is 0. The van der Waals surface area contributed by atoms with Gasteiger partial charge in [-0.25, -0.2) is 0 Å². The third kappa shape index (κ3) is 4.97. The van der Waals surface area contributed by atoms with E-state index in [4.69, 9.17) is 10.5 Å². The number of rotatable bonds is 6. The van der Waals surface area contributed by atoms with Crippen LogP contribution in [0.2, 0.25) is 0 Å². The van der Waals surface area contributed by atoms with E-state index < -0.39 is 0 Å². The van der Waals surface area contributed by atoms with Gasteiger partial charge < -0.3 is 21.1 Å². The van der Waals surface area contributed by atoms with Crippen LogP contribution in [0.15, 0.2) is 0 Å². The van der Waals surface area contributed by atoms with Crippen LogP contribution in [0, 0.1) is 5.92 Å². The minimum atomic E-state index is -0.377. The molecule has 2 rings (SSSR count). The highest BCUT2D eigenvalue weighted by Gasteiger charge is 2.30. The fraction of sp³-hybridized carbons (Fsp3) is 0.833. The van der Waals surface area contributed by atoms with Crippen LogP contribution in [-0.4, -0.2) is 43.7 Å². The number of amides is 2. The summed E-state index contributed by atoms with van der Waals surface area (Å²) < 4.78 is 5.47. The number of ether oxygens (including phenoxy) is 1. The molecule has 1 saturated carbocycles. The van der Waals surface area contributed by atoms with Gasteiger partial charge in [-0.2, -0.15) is 0 Å². The molecule has 2 fully saturated rings. The first-order chi connectivity index (χ1) is 8.70. The molecule has 0 aromatic heterocycles. The number of halogens is 1. The Morgan fingerprint density at radius 2 is 1.68 bits per heavy atom. The van der Waals surface area contributed by atoms with Crippen molar-refractivity contribution in [2.24, 2.45) is 11.7 Å². The third-order valence-corrected chi connectivity index (χ3v) is 3.33. The van der Waals surface area contributed by atoms with Gasteiger partial charge in [0.2, 0.25) is 11.8 Å². The number of carbonyl (C=O) groups is 2. The number of carbonyl (C=O) groups excluding carboxylic acids is 2. The first-order valence-corrected chi connectivity index (χ1v) is 6.61. The van der Waals surface area contributed by atoms with Gasteiger partial charge in [0, 0.05) is 25.6 Å². The average molecular weight is 292 g/mol. The lowest BCUT2D eigenvalue weighted by Gasteiger charge is -2.12. The van der Waals surface area contributed by atoms with E-state index in [0.717, 1.165) is 25.7 Å². The lowest BCUT2D eigenvalue weighted by Crippen LogP contribution is -2.40. The van der Waals surface area contributed by atoms with Crippen LogP contribution in [-0.2, 0) is 14.3 Å². The highest BCUT2D eigenvalue weighted by Crippen LogP contribution is 2.28. The molecule has 4 N–H and O–H groups in total. The molecular weight excluding hydrogens is 270 g/mol.